The molecule has 0 saturated carbocycles. The summed E-state index contributed by atoms with van der Waals surface area (Å²) in [4.78, 5) is 11.9. The van der Waals surface area contributed by atoms with Gasteiger partial charge in [0.2, 0.25) is 0 Å². The van der Waals surface area contributed by atoms with E-state index in [1.165, 1.54) is 0 Å². The fourth-order valence-corrected chi connectivity index (χ4v) is 2.70. The molecule has 1 unspecified atom stereocenters. The van der Waals surface area contributed by atoms with E-state index in [2.05, 4.69) is 5.32 Å². The third-order valence-corrected chi connectivity index (χ3v) is 3.91. The maximum absolute atomic E-state index is 11.5. The summed E-state index contributed by atoms with van der Waals surface area (Å²) in [5.41, 5.74) is 1.82. The van der Waals surface area contributed by atoms with Crippen LogP contribution in [0.1, 0.15) is 38.2 Å². The Balaban J connectivity index is 1.85. The van der Waals surface area contributed by atoms with Gasteiger partial charge in [0.25, 0.3) is 0 Å². The molecule has 1 atom stereocenters. The largest absolute Gasteiger partial charge is 0.466 e. The summed E-state index contributed by atoms with van der Waals surface area (Å²) in [5, 5.41) is 3.10. The molecule has 1 aliphatic rings. The van der Waals surface area contributed by atoms with E-state index in [0.717, 1.165) is 37.1 Å². The highest BCUT2D eigenvalue weighted by molar-refractivity contribution is 7.80. The summed E-state index contributed by atoms with van der Waals surface area (Å²) in [6.45, 7) is 3.39. The first-order valence-electron chi connectivity index (χ1n) is 8.63. The molecule has 0 spiro atoms. The van der Waals surface area contributed by atoms with Gasteiger partial charge in [-0.25, -0.2) is 0 Å². The second kappa shape index (κ2) is 11.0. The number of para-hydroxylation sites is 1. The molecule has 0 bridgehead atoms. The van der Waals surface area contributed by atoms with Crippen LogP contribution < -0.4 is 5.32 Å². The number of esters is 1. The third kappa shape index (κ3) is 7.34. The second-order valence-electron chi connectivity index (χ2n) is 5.65. The van der Waals surface area contributed by atoms with Crippen molar-refractivity contribution in [2.75, 3.05) is 25.1 Å². The lowest BCUT2D eigenvalue weighted by atomic mass is 10.1. The summed E-state index contributed by atoms with van der Waals surface area (Å²) in [7, 11) is 0. The van der Waals surface area contributed by atoms with Crippen molar-refractivity contribution in [1.82, 2.24) is 0 Å². The van der Waals surface area contributed by atoms with E-state index in [4.69, 9.17) is 26.4 Å². The number of hydrogen-bond donors (Lipinski definition) is 1. The number of carbonyl (C=O) groups excluding carboxylic acids is 1. The topological polar surface area (TPSA) is 56.8 Å². The van der Waals surface area contributed by atoms with Crippen LogP contribution in [0.5, 0.6) is 0 Å². The Hall–Kier alpha value is -1.76. The lowest BCUT2D eigenvalue weighted by Crippen LogP contribution is -2.22. The van der Waals surface area contributed by atoms with E-state index in [9.17, 15) is 4.79 Å². The maximum atomic E-state index is 11.5. The molecular weight excluding hydrogens is 338 g/mol. The predicted octanol–water partition coefficient (Wildman–Crippen LogP) is 3.94. The lowest BCUT2D eigenvalue weighted by Gasteiger charge is -2.21. The zero-order chi connectivity index (χ0) is 17.9. The number of ether oxygens (including phenoxy) is 3. The molecule has 6 heteroatoms. The van der Waals surface area contributed by atoms with Crippen LogP contribution in [-0.4, -0.2) is 37.1 Å². The lowest BCUT2D eigenvalue weighted by molar-refractivity contribution is -0.155. The average molecular weight is 363 g/mol. The number of nitrogens with one attached hydrogen (secondary N) is 1. The van der Waals surface area contributed by atoms with E-state index in [-0.39, 0.29) is 18.7 Å². The normalized spacial score (nSPS) is 17.4. The van der Waals surface area contributed by atoms with Gasteiger partial charge in [0.1, 0.15) is 0 Å². The standard InChI is InChI=1S/C19H25NO4S/c1-2-22-18(21)14-17(25)20-16-10-4-3-8-15(16)9-7-13-24-19-11-5-6-12-23-19/h3-4,7-10,19H,2,5-6,11-14H2,1H3,(H,20,25)/b9-7-. The zero-order valence-corrected chi connectivity index (χ0v) is 15.3. The van der Waals surface area contributed by atoms with Crippen molar-refractivity contribution in [3.05, 3.63) is 35.9 Å². The molecule has 1 fully saturated rings. The third-order valence-electron chi connectivity index (χ3n) is 3.66. The minimum Gasteiger partial charge on any atom is -0.466 e. The summed E-state index contributed by atoms with van der Waals surface area (Å²) < 4.78 is 16.1. The van der Waals surface area contributed by atoms with Crippen molar-refractivity contribution in [2.24, 2.45) is 0 Å². The molecule has 0 amide bonds. The van der Waals surface area contributed by atoms with Gasteiger partial charge in [0, 0.05) is 12.3 Å². The van der Waals surface area contributed by atoms with Crippen LogP contribution in [0.15, 0.2) is 30.3 Å². The van der Waals surface area contributed by atoms with Crippen molar-refractivity contribution in [3.8, 4) is 0 Å². The Kier molecular flexibility index (Phi) is 8.59. The van der Waals surface area contributed by atoms with Gasteiger partial charge >= 0.3 is 5.97 Å². The van der Waals surface area contributed by atoms with Crippen molar-refractivity contribution < 1.29 is 19.0 Å². The molecule has 1 aromatic rings. The average Bonchev–Trinajstić information content (AvgIpc) is 2.61. The van der Waals surface area contributed by atoms with Crippen LogP contribution in [0.3, 0.4) is 0 Å². The number of hydrogen-bond acceptors (Lipinski definition) is 5. The first kappa shape index (κ1) is 19.6. The molecule has 0 radical (unpaired) electrons. The highest BCUT2D eigenvalue weighted by Gasteiger charge is 2.13. The quantitative estimate of drug-likeness (QED) is 0.558. The van der Waals surface area contributed by atoms with Crippen LogP contribution in [0.2, 0.25) is 0 Å². The van der Waals surface area contributed by atoms with E-state index in [0.29, 0.717) is 18.2 Å². The summed E-state index contributed by atoms with van der Waals surface area (Å²) >= 11 is 5.23. The van der Waals surface area contributed by atoms with Crippen molar-refractivity contribution in [2.45, 2.75) is 38.9 Å². The molecule has 0 aromatic heterocycles. The molecule has 2 rings (SSSR count). The Labute approximate surface area is 154 Å². The fourth-order valence-electron chi connectivity index (χ4n) is 2.47. The fraction of sp³-hybridized carbons (Fsp3) is 0.474. The second-order valence-corrected chi connectivity index (χ2v) is 6.14. The summed E-state index contributed by atoms with van der Waals surface area (Å²) in [6.07, 6.45) is 7.12. The molecule has 5 nitrogen and oxygen atoms in total. The SMILES string of the molecule is CCOC(=O)CC(=S)Nc1ccccc1/C=C\COC1CCCCO1. The summed E-state index contributed by atoms with van der Waals surface area (Å²) in [6, 6.07) is 7.76. The number of anilines is 1. The van der Waals surface area contributed by atoms with Crippen LogP contribution in [0, 0.1) is 0 Å². The number of thiocarbonyl (C=S) groups is 1. The molecule has 1 heterocycles. The van der Waals surface area contributed by atoms with Gasteiger partial charge in [-0.05, 0) is 37.8 Å². The number of benzene rings is 1. The summed E-state index contributed by atoms with van der Waals surface area (Å²) in [5.74, 6) is -0.325. The first-order valence-corrected chi connectivity index (χ1v) is 9.04. The highest BCUT2D eigenvalue weighted by Crippen LogP contribution is 2.18. The highest BCUT2D eigenvalue weighted by atomic mass is 32.1. The van der Waals surface area contributed by atoms with Crippen molar-refractivity contribution in [3.63, 3.8) is 0 Å². The molecule has 136 valence electrons. The predicted molar refractivity (Wildman–Crippen MR) is 102 cm³/mol. The minimum atomic E-state index is -0.325. The molecule has 25 heavy (non-hydrogen) atoms. The molecular formula is C19H25NO4S. The Bertz CT molecular complexity index is 597. The van der Waals surface area contributed by atoms with Crippen molar-refractivity contribution >= 4 is 34.9 Å². The van der Waals surface area contributed by atoms with Gasteiger partial charge in [-0.2, -0.15) is 0 Å². The smallest absolute Gasteiger partial charge is 0.312 e. The van der Waals surface area contributed by atoms with Gasteiger partial charge < -0.3 is 19.5 Å². The number of rotatable bonds is 8. The first-order chi connectivity index (χ1) is 12.2. The van der Waals surface area contributed by atoms with Gasteiger partial charge in [-0.1, -0.05) is 42.6 Å². The Morgan fingerprint density at radius 1 is 1.40 bits per heavy atom. The van der Waals surface area contributed by atoms with E-state index in [1.54, 1.807) is 6.92 Å². The Morgan fingerprint density at radius 2 is 2.24 bits per heavy atom. The van der Waals surface area contributed by atoms with E-state index >= 15 is 0 Å². The van der Waals surface area contributed by atoms with Gasteiger partial charge in [0.05, 0.1) is 24.6 Å². The zero-order valence-electron chi connectivity index (χ0n) is 14.5. The van der Waals surface area contributed by atoms with Gasteiger partial charge in [-0.3, -0.25) is 4.79 Å². The number of carbonyl (C=O) groups is 1. The van der Waals surface area contributed by atoms with E-state index in [1.807, 2.05) is 36.4 Å². The van der Waals surface area contributed by atoms with Gasteiger partial charge in [-0.15, -0.1) is 0 Å². The van der Waals surface area contributed by atoms with Crippen LogP contribution in [-0.2, 0) is 19.0 Å². The molecule has 1 aromatic carbocycles. The van der Waals surface area contributed by atoms with Crippen molar-refractivity contribution in [1.29, 1.82) is 0 Å². The van der Waals surface area contributed by atoms with Crippen LogP contribution >= 0.6 is 12.2 Å². The monoisotopic (exact) mass is 363 g/mol. The molecule has 1 N–H and O–H groups in total. The molecule has 1 saturated heterocycles. The van der Waals surface area contributed by atoms with Crippen LogP contribution in [0.4, 0.5) is 5.69 Å². The van der Waals surface area contributed by atoms with Gasteiger partial charge in [0.15, 0.2) is 6.29 Å². The maximum Gasteiger partial charge on any atom is 0.312 e. The van der Waals surface area contributed by atoms with E-state index < -0.39 is 0 Å². The minimum absolute atomic E-state index is 0.0728. The molecule has 0 aliphatic carbocycles. The molecule has 1 aliphatic heterocycles. The van der Waals surface area contributed by atoms with Crippen LogP contribution in [0.25, 0.3) is 6.08 Å². The Morgan fingerprint density at radius 3 is 3.00 bits per heavy atom.